The molecule has 1 atom stereocenters. The summed E-state index contributed by atoms with van der Waals surface area (Å²) in [5.41, 5.74) is 2.86. The van der Waals surface area contributed by atoms with Gasteiger partial charge in [0, 0.05) is 30.7 Å². The largest absolute Gasteiger partial charge is 0.345 e. The van der Waals surface area contributed by atoms with Gasteiger partial charge >= 0.3 is 0 Å². The van der Waals surface area contributed by atoms with Crippen molar-refractivity contribution in [3.8, 4) is 0 Å². The van der Waals surface area contributed by atoms with E-state index in [0.29, 0.717) is 38.2 Å². The fourth-order valence-electron chi connectivity index (χ4n) is 3.60. The second-order valence-electron chi connectivity index (χ2n) is 6.95. The molecule has 1 aliphatic heterocycles. The summed E-state index contributed by atoms with van der Waals surface area (Å²) in [5.74, 6) is -0.214. The van der Waals surface area contributed by atoms with Crippen LogP contribution < -0.4 is 5.32 Å². The average Bonchev–Trinajstić information content (AvgIpc) is 3.43. The van der Waals surface area contributed by atoms with E-state index in [1.807, 2.05) is 37.4 Å². The van der Waals surface area contributed by atoms with E-state index >= 15 is 0 Å². The molecule has 1 unspecified atom stereocenters. The zero-order valence-corrected chi connectivity index (χ0v) is 16.2. The van der Waals surface area contributed by atoms with Gasteiger partial charge in [0.05, 0.1) is 24.5 Å². The van der Waals surface area contributed by atoms with Crippen LogP contribution in [0.1, 0.15) is 46.8 Å². The average molecular weight is 393 g/mol. The van der Waals surface area contributed by atoms with Crippen molar-refractivity contribution in [2.24, 2.45) is 0 Å². The number of fused-ring (bicyclic) bond motifs is 1. The topological polar surface area (TPSA) is 109 Å². The van der Waals surface area contributed by atoms with Gasteiger partial charge in [0.2, 0.25) is 5.91 Å². The quantitative estimate of drug-likeness (QED) is 0.659. The zero-order chi connectivity index (χ0) is 20.2. The first-order valence-corrected chi connectivity index (χ1v) is 9.69. The minimum atomic E-state index is -0.324. The molecule has 2 amide bonds. The van der Waals surface area contributed by atoms with Crippen molar-refractivity contribution in [1.82, 2.24) is 35.2 Å². The summed E-state index contributed by atoms with van der Waals surface area (Å²) in [5, 5.41) is 14.2. The van der Waals surface area contributed by atoms with Gasteiger partial charge in [0.1, 0.15) is 6.04 Å². The minimum Gasteiger partial charge on any atom is -0.345 e. The van der Waals surface area contributed by atoms with E-state index in [-0.39, 0.29) is 17.9 Å². The van der Waals surface area contributed by atoms with E-state index < -0.39 is 0 Å². The zero-order valence-electron chi connectivity index (χ0n) is 16.2. The third kappa shape index (κ3) is 3.89. The lowest BCUT2D eigenvalue weighted by Crippen LogP contribution is -2.41. The number of hydrogen-bond acceptors (Lipinski definition) is 5. The van der Waals surface area contributed by atoms with Gasteiger partial charge in [-0.1, -0.05) is 13.0 Å². The first kappa shape index (κ1) is 18.9. The Bertz CT molecular complexity index is 982. The van der Waals surface area contributed by atoms with Gasteiger partial charge in [-0.3, -0.25) is 24.4 Å². The molecule has 0 radical (unpaired) electrons. The van der Waals surface area contributed by atoms with E-state index in [4.69, 9.17) is 0 Å². The summed E-state index contributed by atoms with van der Waals surface area (Å²) >= 11 is 0. The molecule has 9 nitrogen and oxygen atoms in total. The summed E-state index contributed by atoms with van der Waals surface area (Å²) in [7, 11) is 0. The molecule has 29 heavy (non-hydrogen) atoms. The Morgan fingerprint density at radius 2 is 2.17 bits per heavy atom. The van der Waals surface area contributed by atoms with Crippen LogP contribution in [0.25, 0.3) is 0 Å². The van der Waals surface area contributed by atoms with Crippen LogP contribution in [0.5, 0.6) is 0 Å². The molecule has 0 aliphatic carbocycles. The molecule has 0 saturated heterocycles. The maximum Gasteiger partial charge on any atom is 0.272 e. The number of nitrogens with zero attached hydrogens (tertiary/aromatic N) is 5. The molecule has 150 valence electrons. The highest BCUT2D eigenvalue weighted by Crippen LogP contribution is 2.23. The Hall–Kier alpha value is -3.49. The number of amides is 2. The fraction of sp³-hybridized carbons (Fsp3) is 0.350. The Morgan fingerprint density at radius 1 is 1.28 bits per heavy atom. The molecule has 0 spiro atoms. The molecule has 9 heteroatoms. The maximum absolute atomic E-state index is 13.0. The van der Waals surface area contributed by atoms with Crippen LogP contribution in [0.2, 0.25) is 0 Å². The molecule has 3 aromatic rings. The van der Waals surface area contributed by atoms with Crippen molar-refractivity contribution >= 4 is 11.8 Å². The Kier molecular flexibility index (Phi) is 5.37. The van der Waals surface area contributed by atoms with E-state index in [0.717, 1.165) is 17.0 Å². The molecule has 4 rings (SSSR count). The lowest BCUT2D eigenvalue weighted by atomic mass is 10.0. The van der Waals surface area contributed by atoms with Gasteiger partial charge in [0.25, 0.3) is 5.91 Å². The third-order valence-corrected chi connectivity index (χ3v) is 5.13. The standard InChI is InChI=1S/C20H23N7O2/c1-2-17(27-10-5-9-23-27)20(29)26-11-7-15-16(13-26)24-25-18(15)19(28)22-12-14-6-3-4-8-21-14/h3-6,8-10,17H,2,7,11-13H2,1H3,(H,22,28)(H,24,25). The highest BCUT2D eigenvalue weighted by atomic mass is 16.2. The number of carbonyl (C=O) groups excluding carboxylic acids is 2. The van der Waals surface area contributed by atoms with Crippen LogP contribution in [-0.2, 0) is 24.3 Å². The minimum absolute atomic E-state index is 0.0256. The lowest BCUT2D eigenvalue weighted by Gasteiger charge is -2.30. The number of nitrogens with one attached hydrogen (secondary N) is 2. The van der Waals surface area contributed by atoms with Crippen molar-refractivity contribution in [2.45, 2.75) is 38.9 Å². The molecule has 4 heterocycles. The van der Waals surface area contributed by atoms with Gasteiger partial charge in [-0.15, -0.1) is 0 Å². The number of pyridine rings is 1. The summed E-state index contributed by atoms with van der Waals surface area (Å²) < 4.78 is 1.70. The predicted molar refractivity (Wildman–Crippen MR) is 105 cm³/mol. The summed E-state index contributed by atoms with van der Waals surface area (Å²) in [4.78, 5) is 31.5. The monoisotopic (exact) mass is 393 g/mol. The molecule has 0 bridgehead atoms. The third-order valence-electron chi connectivity index (χ3n) is 5.13. The van der Waals surface area contributed by atoms with Crippen LogP contribution >= 0.6 is 0 Å². The number of rotatable bonds is 6. The Balaban J connectivity index is 1.43. The lowest BCUT2D eigenvalue weighted by molar-refractivity contribution is -0.136. The normalized spacial score (nSPS) is 14.3. The van der Waals surface area contributed by atoms with Gasteiger partial charge in [0.15, 0.2) is 5.69 Å². The van der Waals surface area contributed by atoms with E-state index in [1.54, 1.807) is 22.0 Å². The second-order valence-corrected chi connectivity index (χ2v) is 6.95. The number of hydrogen-bond donors (Lipinski definition) is 2. The van der Waals surface area contributed by atoms with E-state index in [1.165, 1.54) is 0 Å². The number of carbonyl (C=O) groups is 2. The molecular weight excluding hydrogens is 370 g/mol. The van der Waals surface area contributed by atoms with Crippen LogP contribution in [0.4, 0.5) is 0 Å². The van der Waals surface area contributed by atoms with Crippen molar-refractivity contribution in [1.29, 1.82) is 0 Å². The van der Waals surface area contributed by atoms with Gasteiger partial charge in [-0.2, -0.15) is 10.2 Å². The summed E-state index contributed by atoms with van der Waals surface area (Å²) in [6.07, 6.45) is 6.42. The van der Waals surface area contributed by atoms with Crippen molar-refractivity contribution in [2.75, 3.05) is 6.54 Å². The molecule has 3 aromatic heterocycles. The molecule has 0 fully saturated rings. The molecular formula is C20H23N7O2. The van der Waals surface area contributed by atoms with Crippen LogP contribution in [-0.4, -0.2) is 48.2 Å². The molecule has 2 N–H and O–H groups in total. The van der Waals surface area contributed by atoms with E-state index in [2.05, 4.69) is 25.6 Å². The highest BCUT2D eigenvalue weighted by molar-refractivity contribution is 5.94. The van der Waals surface area contributed by atoms with Gasteiger partial charge < -0.3 is 10.2 Å². The van der Waals surface area contributed by atoms with Crippen molar-refractivity contribution in [3.63, 3.8) is 0 Å². The van der Waals surface area contributed by atoms with Crippen molar-refractivity contribution < 1.29 is 9.59 Å². The SMILES string of the molecule is CCC(C(=O)N1CCc2c(C(=O)NCc3ccccn3)n[nH]c2C1)n1cccn1. The number of aromatic amines is 1. The van der Waals surface area contributed by atoms with Crippen LogP contribution in [0.15, 0.2) is 42.9 Å². The smallest absolute Gasteiger partial charge is 0.272 e. The van der Waals surface area contributed by atoms with Gasteiger partial charge in [-0.25, -0.2) is 0 Å². The predicted octanol–water partition coefficient (Wildman–Crippen LogP) is 1.47. The Morgan fingerprint density at radius 3 is 2.90 bits per heavy atom. The van der Waals surface area contributed by atoms with Crippen molar-refractivity contribution in [3.05, 3.63) is 65.5 Å². The van der Waals surface area contributed by atoms with Gasteiger partial charge in [-0.05, 0) is 31.0 Å². The second kappa shape index (κ2) is 8.26. The summed E-state index contributed by atoms with van der Waals surface area (Å²) in [6, 6.07) is 7.06. The van der Waals surface area contributed by atoms with Crippen LogP contribution in [0, 0.1) is 0 Å². The Labute approximate surface area is 168 Å². The fourth-order valence-corrected chi connectivity index (χ4v) is 3.60. The molecule has 0 aromatic carbocycles. The molecule has 0 saturated carbocycles. The molecule has 1 aliphatic rings. The van der Waals surface area contributed by atoms with Crippen LogP contribution in [0.3, 0.4) is 0 Å². The number of H-pyrrole nitrogens is 1. The number of aromatic nitrogens is 5. The maximum atomic E-state index is 13.0. The van der Waals surface area contributed by atoms with E-state index in [9.17, 15) is 9.59 Å². The highest BCUT2D eigenvalue weighted by Gasteiger charge is 2.31. The summed E-state index contributed by atoms with van der Waals surface area (Å²) in [6.45, 7) is 3.27. The first-order valence-electron chi connectivity index (χ1n) is 9.69. The first-order chi connectivity index (χ1) is 14.2.